The molecule has 3 rings (SSSR count). The molecule has 1 aromatic carbocycles. The Morgan fingerprint density at radius 3 is 2.83 bits per heavy atom. The number of nitrogens with zero attached hydrogens (tertiary/aromatic N) is 1. The Morgan fingerprint density at radius 2 is 2.12 bits per heavy atom. The molecule has 0 aromatic heterocycles. The summed E-state index contributed by atoms with van der Waals surface area (Å²) >= 11 is 0. The lowest BCUT2D eigenvalue weighted by molar-refractivity contribution is -0.170. The molecule has 2 heterocycles. The smallest absolute Gasteiger partial charge is 0.245 e. The maximum absolute atomic E-state index is 11.9. The normalized spacial score (nSPS) is 18.8. The third-order valence-electron chi connectivity index (χ3n) is 4.40. The van der Waals surface area contributed by atoms with Crippen LogP contribution < -0.4 is 10.2 Å². The fourth-order valence-corrected chi connectivity index (χ4v) is 3.17. The van der Waals surface area contributed by atoms with Gasteiger partial charge in [0.25, 0.3) is 0 Å². The zero-order valence-electron chi connectivity index (χ0n) is 14.0. The lowest BCUT2D eigenvalue weighted by Gasteiger charge is -2.28. The average Bonchev–Trinajstić information content (AvgIpc) is 3.14. The molecule has 0 unspecified atom stereocenters. The van der Waals surface area contributed by atoms with Crippen molar-refractivity contribution in [1.29, 1.82) is 0 Å². The molecule has 7 heteroatoms. The number of amides is 2. The Labute approximate surface area is 140 Å². The number of carbonyl (C=O) groups excluding carboxylic acids is 2. The first-order valence-electron chi connectivity index (χ1n) is 7.99. The minimum absolute atomic E-state index is 0.0298. The fourth-order valence-electron chi connectivity index (χ4n) is 3.17. The molecule has 1 aromatic rings. The summed E-state index contributed by atoms with van der Waals surface area (Å²) in [5, 5.41) is 2.79. The van der Waals surface area contributed by atoms with Gasteiger partial charge in [0.1, 0.15) is 6.61 Å². The minimum atomic E-state index is -0.875. The quantitative estimate of drug-likeness (QED) is 0.822. The van der Waals surface area contributed by atoms with E-state index < -0.39 is 5.79 Å². The van der Waals surface area contributed by atoms with Gasteiger partial charge in [0.15, 0.2) is 5.79 Å². The summed E-state index contributed by atoms with van der Waals surface area (Å²) < 4.78 is 16.6. The predicted molar refractivity (Wildman–Crippen MR) is 86.6 cm³/mol. The van der Waals surface area contributed by atoms with E-state index in [1.807, 2.05) is 18.2 Å². The molecule has 0 atom stereocenters. The van der Waals surface area contributed by atoms with Crippen molar-refractivity contribution in [3.05, 3.63) is 29.3 Å². The molecule has 1 saturated heterocycles. The zero-order valence-corrected chi connectivity index (χ0v) is 14.0. The summed E-state index contributed by atoms with van der Waals surface area (Å²) in [6, 6.07) is 5.82. The Morgan fingerprint density at radius 1 is 1.38 bits per heavy atom. The first-order chi connectivity index (χ1) is 11.6. The standard InChI is InChI=1S/C17H22N2O5/c1-19-14-4-3-13(9-12(14)10-16(19)21)17(23-7-8-24-17)5-6-18-15(20)11-22-2/h3-4,9H,5-8,10-11H2,1-2H3,(H,18,20). The lowest BCUT2D eigenvalue weighted by Crippen LogP contribution is -2.35. The Kier molecular flexibility index (Phi) is 4.84. The molecule has 0 radical (unpaired) electrons. The largest absolute Gasteiger partial charge is 0.375 e. The maximum atomic E-state index is 11.9. The highest BCUT2D eigenvalue weighted by Gasteiger charge is 2.39. The van der Waals surface area contributed by atoms with E-state index in [9.17, 15) is 9.59 Å². The van der Waals surface area contributed by atoms with Crippen molar-refractivity contribution in [1.82, 2.24) is 5.32 Å². The van der Waals surface area contributed by atoms with Crippen LogP contribution in [0.2, 0.25) is 0 Å². The van der Waals surface area contributed by atoms with Gasteiger partial charge in [-0.3, -0.25) is 9.59 Å². The van der Waals surface area contributed by atoms with Gasteiger partial charge in [0.2, 0.25) is 11.8 Å². The van der Waals surface area contributed by atoms with Crippen LogP contribution in [0.15, 0.2) is 18.2 Å². The third-order valence-corrected chi connectivity index (χ3v) is 4.40. The number of nitrogens with one attached hydrogen (secondary N) is 1. The monoisotopic (exact) mass is 334 g/mol. The molecule has 2 aliphatic heterocycles. The number of likely N-dealkylation sites (N-methyl/N-ethyl adjacent to an activating group) is 1. The number of ether oxygens (including phenoxy) is 3. The molecular weight excluding hydrogens is 312 g/mol. The van der Waals surface area contributed by atoms with E-state index in [2.05, 4.69) is 5.32 Å². The van der Waals surface area contributed by atoms with Crippen molar-refractivity contribution in [2.75, 3.05) is 45.4 Å². The number of hydrogen-bond donors (Lipinski definition) is 1. The van der Waals surface area contributed by atoms with Gasteiger partial charge in [-0.25, -0.2) is 0 Å². The maximum Gasteiger partial charge on any atom is 0.245 e. The summed E-state index contributed by atoms with van der Waals surface area (Å²) in [6.07, 6.45) is 0.880. The molecule has 0 spiro atoms. The Bertz CT molecular complexity index is 640. The van der Waals surface area contributed by atoms with Crippen LogP contribution in [0.3, 0.4) is 0 Å². The van der Waals surface area contributed by atoms with Crippen molar-refractivity contribution in [3.63, 3.8) is 0 Å². The molecule has 24 heavy (non-hydrogen) atoms. The molecule has 0 aliphatic carbocycles. The van der Waals surface area contributed by atoms with Crippen LogP contribution in [-0.4, -0.2) is 52.3 Å². The number of rotatable bonds is 6. The van der Waals surface area contributed by atoms with Gasteiger partial charge in [-0.15, -0.1) is 0 Å². The molecule has 130 valence electrons. The lowest BCUT2D eigenvalue weighted by atomic mass is 9.98. The van der Waals surface area contributed by atoms with Crippen molar-refractivity contribution in [2.45, 2.75) is 18.6 Å². The third kappa shape index (κ3) is 3.15. The second-order valence-corrected chi connectivity index (χ2v) is 5.96. The van der Waals surface area contributed by atoms with Crippen molar-refractivity contribution in [3.8, 4) is 0 Å². The van der Waals surface area contributed by atoms with Gasteiger partial charge in [0, 0.05) is 38.4 Å². The van der Waals surface area contributed by atoms with E-state index in [0.29, 0.717) is 32.6 Å². The Balaban J connectivity index is 1.75. The minimum Gasteiger partial charge on any atom is -0.375 e. The zero-order chi connectivity index (χ0) is 17.2. The van der Waals surface area contributed by atoms with Gasteiger partial charge in [-0.05, 0) is 17.7 Å². The van der Waals surface area contributed by atoms with Crippen LogP contribution in [0, 0.1) is 0 Å². The number of fused-ring (bicyclic) bond motifs is 1. The van der Waals surface area contributed by atoms with Crippen LogP contribution in [0.1, 0.15) is 17.5 Å². The van der Waals surface area contributed by atoms with E-state index in [0.717, 1.165) is 16.8 Å². The van der Waals surface area contributed by atoms with E-state index in [1.165, 1.54) is 7.11 Å². The molecule has 7 nitrogen and oxygen atoms in total. The van der Waals surface area contributed by atoms with Crippen LogP contribution in [0.25, 0.3) is 0 Å². The predicted octanol–water partition coefficient (Wildman–Crippen LogP) is 0.558. The second-order valence-electron chi connectivity index (χ2n) is 5.96. The summed E-state index contributed by atoms with van der Waals surface area (Å²) in [5.74, 6) is -0.970. The van der Waals surface area contributed by atoms with Crippen LogP contribution in [0.5, 0.6) is 0 Å². The second kappa shape index (κ2) is 6.88. The molecule has 2 aliphatic rings. The van der Waals surface area contributed by atoms with Gasteiger partial charge < -0.3 is 24.4 Å². The van der Waals surface area contributed by atoms with Gasteiger partial charge >= 0.3 is 0 Å². The van der Waals surface area contributed by atoms with E-state index in [1.54, 1.807) is 11.9 Å². The van der Waals surface area contributed by atoms with Crippen LogP contribution in [0.4, 0.5) is 5.69 Å². The SMILES string of the molecule is COCC(=O)NCCC1(c2ccc3c(c2)CC(=O)N3C)OCCO1. The number of hydrogen-bond acceptors (Lipinski definition) is 5. The molecule has 2 amide bonds. The van der Waals surface area contributed by atoms with E-state index >= 15 is 0 Å². The van der Waals surface area contributed by atoms with Gasteiger partial charge in [-0.2, -0.15) is 0 Å². The van der Waals surface area contributed by atoms with Gasteiger partial charge in [-0.1, -0.05) is 6.07 Å². The number of methoxy groups -OCH3 is 1. The topological polar surface area (TPSA) is 77.1 Å². The first-order valence-corrected chi connectivity index (χ1v) is 7.99. The highest BCUT2D eigenvalue weighted by molar-refractivity contribution is 6.00. The highest BCUT2D eigenvalue weighted by Crippen LogP contribution is 2.38. The molecule has 1 N–H and O–H groups in total. The van der Waals surface area contributed by atoms with Crippen molar-refractivity contribution in [2.24, 2.45) is 0 Å². The fraction of sp³-hybridized carbons (Fsp3) is 0.529. The first kappa shape index (κ1) is 16.9. The summed E-state index contributed by atoms with van der Waals surface area (Å²) in [5.41, 5.74) is 2.77. The van der Waals surface area contributed by atoms with Crippen LogP contribution >= 0.6 is 0 Å². The van der Waals surface area contributed by atoms with Crippen molar-refractivity contribution < 1.29 is 23.8 Å². The highest BCUT2D eigenvalue weighted by atomic mass is 16.7. The number of benzene rings is 1. The average molecular weight is 334 g/mol. The summed E-state index contributed by atoms with van der Waals surface area (Å²) in [7, 11) is 3.25. The Hall–Kier alpha value is -1.96. The van der Waals surface area contributed by atoms with E-state index in [-0.39, 0.29) is 18.4 Å². The molecule has 0 saturated carbocycles. The van der Waals surface area contributed by atoms with Gasteiger partial charge in [0.05, 0.1) is 19.6 Å². The summed E-state index contributed by atoms with van der Waals surface area (Å²) in [6.45, 7) is 1.45. The van der Waals surface area contributed by atoms with E-state index in [4.69, 9.17) is 14.2 Å². The number of carbonyl (C=O) groups is 2. The van der Waals surface area contributed by atoms with Crippen molar-refractivity contribution >= 4 is 17.5 Å². The van der Waals surface area contributed by atoms with Crippen LogP contribution in [-0.2, 0) is 36.0 Å². The molecule has 0 bridgehead atoms. The molecular formula is C17H22N2O5. The molecule has 1 fully saturated rings. The number of anilines is 1. The summed E-state index contributed by atoms with van der Waals surface area (Å²) in [4.78, 5) is 25.0.